The minimum Gasteiger partial charge on any atom is -0.355 e. The number of amides is 1. The third-order valence-corrected chi connectivity index (χ3v) is 3.42. The lowest BCUT2D eigenvalue weighted by molar-refractivity contribution is -0.117. The number of carbonyl (C=O) groups is 1. The topological polar surface area (TPSA) is 57.8 Å². The Labute approximate surface area is 133 Å². The molecule has 1 aromatic rings. The Morgan fingerprint density at radius 1 is 1.32 bits per heavy atom. The van der Waals surface area contributed by atoms with Crippen molar-refractivity contribution in [3.63, 3.8) is 0 Å². The number of hydrogen-bond acceptors (Lipinski definition) is 2. The Balaban J connectivity index is 3.30. The maximum absolute atomic E-state index is 11.9. The van der Waals surface area contributed by atoms with E-state index in [2.05, 4.69) is 35.2 Å². The van der Waals surface area contributed by atoms with Gasteiger partial charge in [-0.05, 0) is 38.3 Å². The lowest BCUT2D eigenvalue weighted by Gasteiger charge is -2.05. The van der Waals surface area contributed by atoms with Gasteiger partial charge in [0.05, 0.1) is 5.69 Å². The van der Waals surface area contributed by atoms with Crippen molar-refractivity contribution in [2.75, 3.05) is 7.05 Å². The van der Waals surface area contributed by atoms with Crippen LogP contribution in [0.15, 0.2) is 23.8 Å². The zero-order valence-corrected chi connectivity index (χ0v) is 14.3. The van der Waals surface area contributed by atoms with E-state index in [1.165, 1.54) is 0 Å². The molecule has 0 aliphatic heterocycles. The average molecular weight is 301 g/mol. The van der Waals surface area contributed by atoms with Gasteiger partial charge < -0.3 is 10.3 Å². The fourth-order valence-corrected chi connectivity index (χ4v) is 2.25. The third kappa shape index (κ3) is 4.45. The summed E-state index contributed by atoms with van der Waals surface area (Å²) in [6.07, 6.45) is 10.5. The number of carbonyl (C=O) groups excluding carboxylic acids is 1. The zero-order chi connectivity index (χ0) is 16.5. The first kappa shape index (κ1) is 18.0. The first-order chi connectivity index (χ1) is 10.6. The van der Waals surface area contributed by atoms with E-state index in [1.54, 1.807) is 7.05 Å². The molecule has 0 spiro atoms. The Hall–Kier alpha value is -2.10. The lowest BCUT2D eigenvalue weighted by atomic mass is 10.1. The number of allylic oxidation sites excluding steroid dienone is 4. The van der Waals surface area contributed by atoms with E-state index < -0.39 is 0 Å². The van der Waals surface area contributed by atoms with Gasteiger partial charge in [0.2, 0.25) is 5.91 Å². The first-order valence-corrected chi connectivity index (χ1v) is 7.95. The average Bonchev–Trinajstić information content (AvgIpc) is 2.94. The molecule has 22 heavy (non-hydrogen) atoms. The number of aromatic amines is 1. The van der Waals surface area contributed by atoms with Crippen LogP contribution in [-0.4, -0.2) is 22.9 Å². The minimum atomic E-state index is -0.0412. The highest BCUT2D eigenvalue weighted by Crippen LogP contribution is 2.20. The van der Waals surface area contributed by atoms with Gasteiger partial charge in [-0.25, -0.2) is 4.98 Å². The van der Waals surface area contributed by atoms with Crippen molar-refractivity contribution in [1.29, 1.82) is 0 Å². The molecule has 120 valence electrons. The fourth-order valence-electron chi connectivity index (χ4n) is 2.25. The number of hydrogen-bond donors (Lipinski definition) is 2. The highest BCUT2D eigenvalue weighted by Gasteiger charge is 2.12. The van der Waals surface area contributed by atoms with Gasteiger partial charge in [-0.3, -0.25) is 4.79 Å². The molecule has 2 N–H and O–H groups in total. The van der Waals surface area contributed by atoms with Crippen LogP contribution < -0.4 is 5.32 Å². The summed E-state index contributed by atoms with van der Waals surface area (Å²) in [5, 5.41) is 2.69. The number of nitrogens with one attached hydrogen (secondary N) is 2. The van der Waals surface area contributed by atoms with Crippen molar-refractivity contribution in [3.05, 3.63) is 41.0 Å². The molecule has 1 aromatic heterocycles. The lowest BCUT2D eigenvalue weighted by Crippen LogP contribution is -2.19. The van der Waals surface area contributed by atoms with Crippen LogP contribution in [0.5, 0.6) is 0 Å². The molecule has 0 radical (unpaired) electrons. The maximum Gasteiger partial charge on any atom is 0.246 e. The van der Waals surface area contributed by atoms with Crippen molar-refractivity contribution in [2.45, 2.75) is 47.0 Å². The largest absolute Gasteiger partial charge is 0.355 e. The van der Waals surface area contributed by atoms with E-state index in [4.69, 9.17) is 0 Å². The number of H-pyrrole nitrogens is 1. The van der Waals surface area contributed by atoms with E-state index in [0.717, 1.165) is 41.2 Å². The SMILES string of the molecule is C/C=C\c1nc(C(/C=C(\CC)C(=O)NC)=C/CC)[nH]c1CC. The third-order valence-electron chi connectivity index (χ3n) is 3.42. The van der Waals surface area contributed by atoms with Crippen molar-refractivity contribution in [2.24, 2.45) is 0 Å². The maximum atomic E-state index is 11.9. The standard InChI is InChI=1S/C18H27N3O/c1-6-10-14(12-13(8-3)18(22)19-5)17-20-15(9-4)16(21-17)11-7-2/h7,10-12H,6,8-9H2,1-5H3,(H,19,22)(H,20,21)/b11-7-,13-12+,14-10+. The van der Waals surface area contributed by atoms with Gasteiger partial charge in [-0.15, -0.1) is 0 Å². The van der Waals surface area contributed by atoms with Crippen molar-refractivity contribution < 1.29 is 4.79 Å². The zero-order valence-electron chi connectivity index (χ0n) is 14.3. The number of imidazole rings is 1. The fraction of sp³-hybridized carbons (Fsp3) is 0.444. The quantitative estimate of drug-likeness (QED) is 0.593. The highest BCUT2D eigenvalue weighted by molar-refractivity contribution is 5.96. The van der Waals surface area contributed by atoms with E-state index >= 15 is 0 Å². The molecular formula is C18H27N3O. The summed E-state index contributed by atoms with van der Waals surface area (Å²) < 4.78 is 0. The molecule has 0 atom stereocenters. The number of nitrogens with zero attached hydrogens (tertiary/aromatic N) is 1. The Morgan fingerprint density at radius 2 is 2.05 bits per heavy atom. The summed E-state index contributed by atoms with van der Waals surface area (Å²) in [7, 11) is 1.65. The molecule has 0 saturated heterocycles. The van der Waals surface area contributed by atoms with E-state index in [1.807, 2.05) is 32.1 Å². The van der Waals surface area contributed by atoms with Crippen LogP contribution in [0.25, 0.3) is 11.6 Å². The molecular weight excluding hydrogens is 274 g/mol. The number of aromatic nitrogens is 2. The van der Waals surface area contributed by atoms with Crippen LogP contribution in [0.2, 0.25) is 0 Å². The predicted molar refractivity (Wildman–Crippen MR) is 93.4 cm³/mol. The molecule has 0 unspecified atom stereocenters. The van der Waals surface area contributed by atoms with Gasteiger partial charge in [-0.1, -0.05) is 32.9 Å². The summed E-state index contributed by atoms with van der Waals surface area (Å²) in [6, 6.07) is 0. The van der Waals surface area contributed by atoms with Gasteiger partial charge in [0, 0.05) is 23.9 Å². The Kier molecular flexibility index (Phi) is 7.37. The van der Waals surface area contributed by atoms with Crippen LogP contribution in [0.1, 0.15) is 57.7 Å². The molecule has 0 aliphatic carbocycles. The number of likely N-dealkylation sites (N-methyl/N-ethyl adjacent to an activating group) is 1. The van der Waals surface area contributed by atoms with E-state index in [-0.39, 0.29) is 5.91 Å². The van der Waals surface area contributed by atoms with Crippen molar-refractivity contribution >= 4 is 17.6 Å². The highest BCUT2D eigenvalue weighted by atomic mass is 16.1. The molecule has 1 rings (SSSR count). The van der Waals surface area contributed by atoms with Crippen molar-refractivity contribution in [1.82, 2.24) is 15.3 Å². The number of rotatable bonds is 7. The molecule has 0 bridgehead atoms. The van der Waals surface area contributed by atoms with Gasteiger partial charge in [0.1, 0.15) is 5.82 Å². The van der Waals surface area contributed by atoms with Crippen LogP contribution in [0, 0.1) is 0 Å². The molecule has 1 heterocycles. The van der Waals surface area contributed by atoms with Crippen LogP contribution >= 0.6 is 0 Å². The molecule has 1 amide bonds. The monoisotopic (exact) mass is 301 g/mol. The van der Waals surface area contributed by atoms with Crippen LogP contribution in [0.4, 0.5) is 0 Å². The summed E-state index contributed by atoms with van der Waals surface area (Å²) in [4.78, 5) is 20.0. The van der Waals surface area contributed by atoms with E-state index in [9.17, 15) is 4.79 Å². The predicted octanol–water partition coefficient (Wildman–Crippen LogP) is 3.88. The second kappa shape index (κ2) is 9.03. The smallest absolute Gasteiger partial charge is 0.246 e. The van der Waals surface area contributed by atoms with E-state index in [0.29, 0.717) is 6.42 Å². The molecule has 0 aliphatic rings. The molecule has 4 heteroatoms. The Bertz CT molecular complexity index is 591. The summed E-state index contributed by atoms with van der Waals surface area (Å²) in [5.41, 5.74) is 3.80. The molecule has 0 fully saturated rings. The number of aryl methyl sites for hydroxylation is 1. The van der Waals surface area contributed by atoms with Crippen LogP contribution in [-0.2, 0) is 11.2 Å². The minimum absolute atomic E-state index is 0.0412. The molecule has 0 aromatic carbocycles. The second-order valence-corrected chi connectivity index (χ2v) is 4.97. The summed E-state index contributed by atoms with van der Waals surface area (Å²) in [5.74, 6) is 0.780. The summed E-state index contributed by atoms with van der Waals surface area (Å²) >= 11 is 0. The van der Waals surface area contributed by atoms with Gasteiger partial charge >= 0.3 is 0 Å². The van der Waals surface area contributed by atoms with Gasteiger partial charge in [-0.2, -0.15) is 0 Å². The molecule has 0 saturated carbocycles. The Morgan fingerprint density at radius 3 is 2.55 bits per heavy atom. The summed E-state index contributed by atoms with van der Waals surface area (Å²) in [6.45, 7) is 8.15. The normalized spacial score (nSPS) is 13.0. The van der Waals surface area contributed by atoms with Gasteiger partial charge in [0.25, 0.3) is 0 Å². The van der Waals surface area contributed by atoms with Crippen LogP contribution in [0.3, 0.4) is 0 Å². The first-order valence-electron chi connectivity index (χ1n) is 7.95. The van der Waals surface area contributed by atoms with Gasteiger partial charge in [0.15, 0.2) is 0 Å². The van der Waals surface area contributed by atoms with Crippen molar-refractivity contribution in [3.8, 4) is 0 Å². The molecule has 4 nitrogen and oxygen atoms in total. The second-order valence-electron chi connectivity index (χ2n) is 4.97.